The Hall–Kier alpha value is -2.64. The van der Waals surface area contributed by atoms with Crippen molar-refractivity contribution in [1.82, 2.24) is 5.32 Å². The highest BCUT2D eigenvalue weighted by Gasteiger charge is 2.32. The van der Waals surface area contributed by atoms with Crippen LogP contribution in [0.1, 0.15) is 42.5 Å². The van der Waals surface area contributed by atoms with E-state index in [2.05, 4.69) is 10.6 Å². The summed E-state index contributed by atoms with van der Waals surface area (Å²) in [6, 6.07) is 4.60. The molecule has 8 nitrogen and oxygen atoms in total. The molecule has 0 aromatic heterocycles. The molecule has 1 aromatic carbocycles. The van der Waals surface area contributed by atoms with Gasteiger partial charge < -0.3 is 15.4 Å². The smallest absolute Gasteiger partial charge is 0.308 e. The van der Waals surface area contributed by atoms with Crippen molar-refractivity contribution in [3.63, 3.8) is 0 Å². The molecule has 0 radical (unpaired) electrons. The van der Waals surface area contributed by atoms with Crippen molar-refractivity contribution >= 4 is 23.3 Å². The Morgan fingerprint density at radius 2 is 1.92 bits per heavy atom. The number of esters is 1. The number of amides is 1. The molecule has 2 aliphatic rings. The maximum absolute atomic E-state index is 12.1. The van der Waals surface area contributed by atoms with Crippen LogP contribution >= 0.6 is 0 Å². The topological polar surface area (TPSA) is 111 Å². The lowest BCUT2D eigenvalue weighted by Gasteiger charge is -2.15. The third-order valence-corrected chi connectivity index (χ3v) is 4.70. The summed E-state index contributed by atoms with van der Waals surface area (Å²) in [7, 11) is 1.36. The molecule has 1 aromatic rings. The maximum Gasteiger partial charge on any atom is 0.308 e. The van der Waals surface area contributed by atoms with Crippen molar-refractivity contribution in [2.75, 3.05) is 12.4 Å². The molecule has 8 heteroatoms. The number of carbonyl (C=O) groups excluding carboxylic acids is 2. The number of hydrogen-bond donors (Lipinski definition) is 2. The minimum absolute atomic E-state index is 0.0334. The van der Waals surface area contributed by atoms with Gasteiger partial charge in [0.1, 0.15) is 5.69 Å². The molecule has 0 spiro atoms. The number of anilines is 1. The van der Waals surface area contributed by atoms with E-state index < -0.39 is 4.92 Å². The summed E-state index contributed by atoms with van der Waals surface area (Å²) >= 11 is 0. The highest BCUT2D eigenvalue weighted by Crippen LogP contribution is 2.33. The van der Waals surface area contributed by atoms with Crippen LogP contribution in [0.5, 0.6) is 0 Å². The summed E-state index contributed by atoms with van der Waals surface area (Å²) in [6.07, 6.45) is 3.92. The molecule has 1 amide bonds. The first kappa shape index (κ1) is 17.2. The maximum atomic E-state index is 12.1. The monoisotopic (exact) mass is 347 g/mol. The van der Waals surface area contributed by atoms with Crippen molar-refractivity contribution in [2.45, 2.75) is 44.2 Å². The van der Waals surface area contributed by atoms with E-state index in [-0.39, 0.29) is 41.1 Å². The molecule has 0 bridgehead atoms. The molecular weight excluding hydrogens is 326 g/mol. The molecule has 25 heavy (non-hydrogen) atoms. The van der Waals surface area contributed by atoms with Crippen LogP contribution in [0, 0.1) is 16.0 Å². The highest BCUT2D eigenvalue weighted by atomic mass is 16.6. The average molecular weight is 347 g/mol. The molecule has 2 fully saturated rings. The van der Waals surface area contributed by atoms with Gasteiger partial charge in [0.15, 0.2) is 0 Å². The second kappa shape index (κ2) is 7.08. The lowest BCUT2D eigenvalue weighted by Crippen LogP contribution is -2.25. The van der Waals surface area contributed by atoms with E-state index in [1.165, 1.54) is 13.2 Å². The molecular formula is C17H21N3O5. The van der Waals surface area contributed by atoms with Gasteiger partial charge in [-0.05, 0) is 44.2 Å². The van der Waals surface area contributed by atoms with E-state index >= 15 is 0 Å². The summed E-state index contributed by atoms with van der Waals surface area (Å²) in [5, 5.41) is 17.3. The number of rotatable bonds is 6. The van der Waals surface area contributed by atoms with Crippen LogP contribution in [0.2, 0.25) is 0 Å². The predicted octanol–water partition coefficient (Wildman–Crippen LogP) is 2.24. The van der Waals surface area contributed by atoms with Crippen molar-refractivity contribution in [1.29, 1.82) is 0 Å². The van der Waals surface area contributed by atoms with E-state index in [1.54, 1.807) is 12.1 Å². The zero-order valence-electron chi connectivity index (χ0n) is 14.0. The third-order valence-electron chi connectivity index (χ3n) is 4.70. The Balaban J connectivity index is 1.71. The van der Waals surface area contributed by atoms with E-state index in [1.807, 2.05) is 0 Å². The number of carbonyl (C=O) groups is 2. The summed E-state index contributed by atoms with van der Waals surface area (Å²) in [5.41, 5.74) is 0.511. The Kier molecular flexibility index (Phi) is 4.87. The molecule has 2 saturated carbocycles. The SMILES string of the molecule is COC(=O)[C@H]1CC[C@@H](Nc2ccc(C(=O)NC3CC3)cc2[N+](=O)[O-])C1. The normalized spacial score (nSPS) is 22.3. The van der Waals surface area contributed by atoms with E-state index in [9.17, 15) is 19.7 Å². The van der Waals surface area contributed by atoms with E-state index in [0.717, 1.165) is 19.3 Å². The number of ether oxygens (including phenoxy) is 1. The molecule has 0 aliphatic heterocycles. The van der Waals surface area contributed by atoms with Crippen molar-refractivity contribution in [2.24, 2.45) is 5.92 Å². The van der Waals surface area contributed by atoms with Crippen LogP contribution in [-0.2, 0) is 9.53 Å². The largest absolute Gasteiger partial charge is 0.469 e. The van der Waals surface area contributed by atoms with Crippen LogP contribution in [0.15, 0.2) is 18.2 Å². The first-order chi connectivity index (χ1) is 12.0. The van der Waals surface area contributed by atoms with Gasteiger partial charge in [-0.3, -0.25) is 19.7 Å². The van der Waals surface area contributed by atoms with Gasteiger partial charge in [0.05, 0.1) is 18.0 Å². The fourth-order valence-electron chi connectivity index (χ4n) is 3.16. The van der Waals surface area contributed by atoms with Crippen LogP contribution in [0.3, 0.4) is 0 Å². The quantitative estimate of drug-likeness (QED) is 0.464. The second-order valence-electron chi connectivity index (χ2n) is 6.61. The number of nitro groups is 1. The lowest BCUT2D eigenvalue weighted by atomic mass is 10.1. The molecule has 2 N–H and O–H groups in total. The fraction of sp³-hybridized carbons (Fsp3) is 0.529. The standard InChI is InChI=1S/C17H21N3O5/c1-25-17(22)11-2-4-13(8-11)18-14-7-3-10(9-15(14)20(23)24)16(21)19-12-5-6-12/h3,7,9,11-13,18H,2,4-6,8H2,1H3,(H,19,21)/t11-,13+/m0/s1. The molecule has 2 atom stereocenters. The summed E-state index contributed by atoms with van der Waals surface area (Å²) in [4.78, 5) is 34.6. The van der Waals surface area contributed by atoms with Gasteiger partial charge >= 0.3 is 5.97 Å². The molecule has 0 heterocycles. The Morgan fingerprint density at radius 3 is 2.56 bits per heavy atom. The lowest BCUT2D eigenvalue weighted by molar-refractivity contribution is -0.384. The predicted molar refractivity (Wildman–Crippen MR) is 90.4 cm³/mol. The minimum Gasteiger partial charge on any atom is -0.469 e. The molecule has 0 saturated heterocycles. The summed E-state index contributed by atoms with van der Waals surface area (Å²) < 4.78 is 4.75. The van der Waals surface area contributed by atoms with Gasteiger partial charge in [-0.1, -0.05) is 0 Å². The van der Waals surface area contributed by atoms with Gasteiger partial charge in [-0.2, -0.15) is 0 Å². The first-order valence-electron chi connectivity index (χ1n) is 8.41. The number of benzene rings is 1. The number of nitro benzene ring substituents is 1. The van der Waals surface area contributed by atoms with Crippen LogP contribution in [0.25, 0.3) is 0 Å². The van der Waals surface area contributed by atoms with Crippen LogP contribution in [-0.4, -0.2) is 36.0 Å². The van der Waals surface area contributed by atoms with Crippen LogP contribution < -0.4 is 10.6 Å². The van der Waals surface area contributed by atoms with Crippen molar-refractivity contribution in [3.8, 4) is 0 Å². The van der Waals surface area contributed by atoms with Gasteiger partial charge in [0, 0.05) is 23.7 Å². The Labute approximate surface area is 145 Å². The first-order valence-corrected chi connectivity index (χ1v) is 8.41. The minimum atomic E-state index is -0.497. The Bertz CT molecular complexity index is 702. The van der Waals surface area contributed by atoms with Gasteiger partial charge in [-0.15, -0.1) is 0 Å². The Morgan fingerprint density at radius 1 is 1.20 bits per heavy atom. The number of methoxy groups -OCH3 is 1. The molecule has 3 rings (SSSR count). The fourth-order valence-corrected chi connectivity index (χ4v) is 3.16. The highest BCUT2D eigenvalue weighted by molar-refractivity contribution is 5.96. The molecule has 2 aliphatic carbocycles. The number of hydrogen-bond acceptors (Lipinski definition) is 6. The number of nitrogens with one attached hydrogen (secondary N) is 2. The van der Waals surface area contributed by atoms with Gasteiger partial charge in [0.2, 0.25) is 0 Å². The second-order valence-corrected chi connectivity index (χ2v) is 6.61. The third kappa shape index (κ3) is 4.07. The van der Waals surface area contributed by atoms with Crippen molar-refractivity contribution in [3.05, 3.63) is 33.9 Å². The number of nitrogens with zero attached hydrogens (tertiary/aromatic N) is 1. The summed E-state index contributed by atoms with van der Waals surface area (Å²) in [6.45, 7) is 0. The zero-order valence-corrected chi connectivity index (χ0v) is 14.0. The molecule has 134 valence electrons. The average Bonchev–Trinajstić information content (AvgIpc) is 3.29. The van der Waals surface area contributed by atoms with E-state index in [0.29, 0.717) is 18.5 Å². The van der Waals surface area contributed by atoms with Gasteiger partial charge in [0.25, 0.3) is 11.6 Å². The van der Waals surface area contributed by atoms with Gasteiger partial charge in [-0.25, -0.2) is 0 Å². The molecule has 0 unspecified atom stereocenters. The van der Waals surface area contributed by atoms with Crippen LogP contribution in [0.4, 0.5) is 11.4 Å². The summed E-state index contributed by atoms with van der Waals surface area (Å²) in [5.74, 6) is -0.709. The van der Waals surface area contributed by atoms with E-state index in [4.69, 9.17) is 4.74 Å². The van der Waals surface area contributed by atoms with Crippen molar-refractivity contribution < 1.29 is 19.2 Å². The zero-order chi connectivity index (χ0) is 18.0.